The minimum absolute atomic E-state index is 0.163. The number of H-pyrrole nitrogens is 1. The Labute approximate surface area is 129 Å². The molecule has 0 fully saturated rings. The Hall–Kier alpha value is -3.22. The van der Waals surface area contributed by atoms with Crippen LogP contribution >= 0.6 is 0 Å². The van der Waals surface area contributed by atoms with Crippen LogP contribution in [0.4, 0.5) is 4.39 Å². The number of hydrogen-bond acceptors (Lipinski definition) is 5. The number of ether oxygens (including phenoxy) is 1. The van der Waals surface area contributed by atoms with E-state index in [2.05, 4.69) is 20.3 Å². The molecule has 0 spiro atoms. The fraction of sp³-hybridized carbons (Fsp3) is 0.0625. The lowest BCUT2D eigenvalue weighted by Gasteiger charge is -2.01. The number of para-hydroxylation sites is 1. The zero-order valence-corrected chi connectivity index (χ0v) is 12.1. The first kappa shape index (κ1) is 13.4. The van der Waals surface area contributed by atoms with Gasteiger partial charge < -0.3 is 9.26 Å². The van der Waals surface area contributed by atoms with Crippen molar-refractivity contribution in [3.63, 3.8) is 0 Å². The maximum atomic E-state index is 13.8. The lowest BCUT2D eigenvalue weighted by Crippen LogP contribution is -1.89. The van der Waals surface area contributed by atoms with Crippen molar-refractivity contribution in [1.82, 2.24) is 20.3 Å². The van der Waals surface area contributed by atoms with E-state index in [1.165, 1.54) is 19.2 Å². The van der Waals surface area contributed by atoms with Crippen LogP contribution in [0, 0.1) is 5.82 Å². The summed E-state index contributed by atoms with van der Waals surface area (Å²) in [4.78, 5) is 4.30. The Bertz CT molecular complexity index is 993. The van der Waals surface area contributed by atoms with Gasteiger partial charge in [-0.15, -0.1) is 0 Å². The maximum Gasteiger partial charge on any atom is 0.279 e. The van der Waals surface area contributed by atoms with Gasteiger partial charge in [-0.3, -0.25) is 5.10 Å². The summed E-state index contributed by atoms with van der Waals surface area (Å²) in [6.07, 6.45) is 0. The third-order valence-electron chi connectivity index (χ3n) is 3.51. The van der Waals surface area contributed by atoms with Crippen LogP contribution in [0.1, 0.15) is 0 Å². The number of nitrogens with zero attached hydrogens (tertiary/aromatic N) is 3. The van der Waals surface area contributed by atoms with E-state index in [0.29, 0.717) is 11.3 Å². The van der Waals surface area contributed by atoms with Crippen LogP contribution in [-0.2, 0) is 0 Å². The maximum absolute atomic E-state index is 13.8. The van der Waals surface area contributed by atoms with Crippen molar-refractivity contribution in [3.05, 3.63) is 48.3 Å². The molecule has 6 nitrogen and oxygen atoms in total. The van der Waals surface area contributed by atoms with Crippen molar-refractivity contribution >= 4 is 10.9 Å². The van der Waals surface area contributed by atoms with Gasteiger partial charge in [-0.2, -0.15) is 10.1 Å². The van der Waals surface area contributed by atoms with E-state index in [1.807, 2.05) is 24.3 Å². The molecule has 0 saturated carbocycles. The van der Waals surface area contributed by atoms with Crippen LogP contribution in [0.5, 0.6) is 5.75 Å². The van der Waals surface area contributed by atoms with Gasteiger partial charge in [0, 0.05) is 10.9 Å². The summed E-state index contributed by atoms with van der Waals surface area (Å²) in [7, 11) is 1.41. The fourth-order valence-corrected chi connectivity index (χ4v) is 2.37. The molecule has 0 bridgehead atoms. The number of aromatic nitrogens is 4. The van der Waals surface area contributed by atoms with Gasteiger partial charge in [0.15, 0.2) is 17.3 Å². The molecule has 7 heteroatoms. The smallest absolute Gasteiger partial charge is 0.279 e. The number of nitrogens with one attached hydrogen (secondary N) is 1. The second kappa shape index (κ2) is 5.20. The minimum atomic E-state index is -0.485. The average Bonchev–Trinajstić information content (AvgIpc) is 3.21. The Kier molecular flexibility index (Phi) is 3.04. The van der Waals surface area contributed by atoms with Crippen molar-refractivity contribution in [1.29, 1.82) is 0 Å². The molecule has 4 rings (SSSR count). The molecule has 0 aliphatic rings. The van der Waals surface area contributed by atoms with Gasteiger partial charge >= 0.3 is 0 Å². The van der Waals surface area contributed by atoms with Gasteiger partial charge in [0.25, 0.3) is 5.89 Å². The number of benzene rings is 2. The zero-order chi connectivity index (χ0) is 15.8. The zero-order valence-electron chi connectivity index (χ0n) is 12.1. The molecule has 0 amide bonds. The molecule has 114 valence electrons. The molecule has 0 atom stereocenters. The standard InChI is InChI=1S/C16H11FN4O2/c1-22-13-7-6-9(8-11(13)17)15-18-16(23-21-15)14-10-4-2-3-5-12(10)19-20-14/h2-8H,1H3,(H,19,20). The first-order valence-electron chi connectivity index (χ1n) is 6.87. The Morgan fingerprint density at radius 1 is 1.17 bits per heavy atom. The number of aromatic amines is 1. The molecular formula is C16H11FN4O2. The van der Waals surface area contributed by atoms with Gasteiger partial charge in [-0.1, -0.05) is 23.4 Å². The van der Waals surface area contributed by atoms with Crippen LogP contribution in [0.15, 0.2) is 47.0 Å². The number of halogens is 1. The summed E-state index contributed by atoms with van der Waals surface area (Å²) in [5.74, 6) is 0.236. The number of rotatable bonds is 3. The largest absolute Gasteiger partial charge is 0.494 e. The highest BCUT2D eigenvalue weighted by molar-refractivity contribution is 5.90. The summed E-state index contributed by atoms with van der Waals surface area (Å²) >= 11 is 0. The van der Waals surface area contributed by atoms with E-state index in [0.717, 1.165) is 10.9 Å². The Morgan fingerprint density at radius 2 is 2.04 bits per heavy atom. The third kappa shape index (κ3) is 2.22. The van der Waals surface area contributed by atoms with E-state index >= 15 is 0 Å². The van der Waals surface area contributed by atoms with Crippen molar-refractivity contribution in [2.45, 2.75) is 0 Å². The van der Waals surface area contributed by atoms with Crippen LogP contribution < -0.4 is 4.74 Å². The summed E-state index contributed by atoms with van der Waals surface area (Å²) in [6.45, 7) is 0. The number of fused-ring (bicyclic) bond motifs is 1. The molecule has 2 heterocycles. The normalized spacial score (nSPS) is 11.0. The molecular weight excluding hydrogens is 299 g/mol. The van der Waals surface area contributed by atoms with Crippen LogP contribution in [0.25, 0.3) is 33.9 Å². The van der Waals surface area contributed by atoms with E-state index < -0.39 is 5.82 Å². The number of hydrogen-bond donors (Lipinski definition) is 1. The van der Waals surface area contributed by atoms with Gasteiger partial charge in [-0.25, -0.2) is 4.39 Å². The lowest BCUT2D eigenvalue weighted by molar-refractivity contribution is 0.386. The molecule has 23 heavy (non-hydrogen) atoms. The van der Waals surface area contributed by atoms with E-state index in [4.69, 9.17) is 9.26 Å². The van der Waals surface area contributed by atoms with Crippen LogP contribution in [0.3, 0.4) is 0 Å². The second-order valence-corrected chi connectivity index (χ2v) is 4.89. The highest BCUT2D eigenvalue weighted by atomic mass is 19.1. The van der Waals surface area contributed by atoms with Crippen LogP contribution in [-0.4, -0.2) is 27.4 Å². The molecule has 2 aromatic carbocycles. The van der Waals surface area contributed by atoms with Crippen molar-refractivity contribution in [3.8, 4) is 28.7 Å². The van der Waals surface area contributed by atoms with Crippen molar-refractivity contribution in [2.75, 3.05) is 7.11 Å². The second-order valence-electron chi connectivity index (χ2n) is 4.89. The first-order valence-corrected chi connectivity index (χ1v) is 6.87. The van der Waals surface area contributed by atoms with Gasteiger partial charge in [0.2, 0.25) is 5.82 Å². The summed E-state index contributed by atoms with van der Waals surface area (Å²) in [6, 6.07) is 12.1. The predicted octanol–water partition coefficient (Wildman–Crippen LogP) is 3.43. The summed E-state index contributed by atoms with van der Waals surface area (Å²) in [5.41, 5.74) is 1.93. The molecule has 1 N–H and O–H groups in total. The molecule has 4 aromatic rings. The molecule has 0 saturated heterocycles. The van der Waals surface area contributed by atoms with E-state index in [-0.39, 0.29) is 17.5 Å². The Morgan fingerprint density at radius 3 is 2.87 bits per heavy atom. The van der Waals surface area contributed by atoms with Gasteiger partial charge in [-0.05, 0) is 24.3 Å². The molecule has 0 unspecified atom stereocenters. The highest BCUT2D eigenvalue weighted by Gasteiger charge is 2.17. The quantitative estimate of drug-likeness (QED) is 0.627. The van der Waals surface area contributed by atoms with Gasteiger partial charge in [0.05, 0.1) is 12.6 Å². The van der Waals surface area contributed by atoms with Crippen molar-refractivity contribution < 1.29 is 13.7 Å². The topological polar surface area (TPSA) is 76.8 Å². The molecule has 0 aliphatic heterocycles. The minimum Gasteiger partial charge on any atom is -0.494 e. The van der Waals surface area contributed by atoms with E-state index in [1.54, 1.807) is 6.07 Å². The van der Waals surface area contributed by atoms with E-state index in [9.17, 15) is 4.39 Å². The van der Waals surface area contributed by atoms with Gasteiger partial charge in [0.1, 0.15) is 0 Å². The first-order chi connectivity index (χ1) is 11.3. The fourth-order valence-electron chi connectivity index (χ4n) is 2.37. The third-order valence-corrected chi connectivity index (χ3v) is 3.51. The SMILES string of the molecule is COc1ccc(-c2noc(-c3n[nH]c4ccccc34)n2)cc1F. The summed E-state index contributed by atoms with van der Waals surface area (Å²) < 4.78 is 24.0. The predicted molar refractivity (Wildman–Crippen MR) is 81.3 cm³/mol. The molecule has 0 radical (unpaired) electrons. The molecule has 0 aliphatic carbocycles. The van der Waals surface area contributed by atoms with Crippen molar-refractivity contribution in [2.24, 2.45) is 0 Å². The monoisotopic (exact) mass is 310 g/mol. The average molecular weight is 310 g/mol. The number of methoxy groups -OCH3 is 1. The Balaban J connectivity index is 1.76. The summed E-state index contributed by atoms with van der Waals surface area (Å²) in [5, 5.41) is 11.9. The van der Waals surface area contributed by atoms with Crippen LogP contribution in [0.2, 0.25) is 0 Å². The lowest BCUT2D eigenvalue weighted by atomic mass is 10.2. The molecule has 2 aromatic heterocycles. The highest BCUT2D eigenvalue weighted by Crippen LogP contribution is 2.28.